The number of aliphatic hydroxyl groups excluding tert-OH is 1. The highest BCUT2D eigenvalue weighted by Crippen LogP contribution is 2.30. The van der Waals surface area contributed by atoms with Crippen LogP contribution in [0, 0.1) is 11.8 Å². The Balaban J connectivity index is 2.62. The maximum absolute atomic E-state index is 9.28. The first-order valence-electron chi connectivity index (χ1n) is 7.41. The summed E-state index contributed by atoms with van der Waals surface area (Å²) < 4.78 is 0. The van der Waals surface area contributed by atoms with Crippen LogP contribution >= 0.6 is 0 Å². The number of hydrogen-bond donors (Lipinski definition) is 1. The molecule has 2 unspecified atom stereocenters. The molecule has 0 aromatic rings. The zero-order chi connectivity index (χ0) is 12.8. The molecule has 1 rings (SSSR count). The lowest BCUT2D eigenvalue weighted by atomic mass is 9.87. The summed E-state index contributed by atoms with van der Waals surface area (Å²) in [7, 11) is 0. The number of piperidine rings is 1. The predicted octanol–water partition coefficient (Wildman–Crippen LogP) is 3.29. The van der Waals surface area contributed by atoms with E-state index in [0.29, 0.717) is 18.7 Å². The molecule has 0 amide bonds. The minimum absolute atomic E-state index is 0.309. The summed E-state index contributed by atoms with van der Waals surface area (Å²) in [4.78, 5) is 2.60. The van der Waals surface area contributed by atoms with Crippen molar-refractivity contribution in [2.75, 3.05) is 13.2 Å². The van der Waals surface area contributed by atoms with Gasteiger partial charge >= 0.3 is 0 Å². The van der Waals surface area contributed by atoms with Gasteiger partial charge in [-0.3, -0.25) is 4.90 Å². The van der Waals surface area contributed by atoms with Gasteiger partial charge in [-0.15, -0.1) is 0 Å². The van der Waals surface area contributed by atoms with E-state index in [1.165, 1.54) is 32.1 Å². The van der Waals surface area contributed by atoms with Crippen LogP contribution in [0.2, 0.25) is 0 Å². The lowest BCUT2D eigenvalue weighted by Gasteiger charge is -2.43. The van der Waals surface area contributed by atoms with Crippen LogP contribution < -0.4 is 0 Å². The Kier molecular flexibility index (Phi) is 6.50. The summed E-state index contributed by atoms with van der Waals surface area (Å²) in [6.45, 7) is 10.4. The topological polar surface area (TPSA) is 23.5 Å². The fraction of sp³-hybridized carbons (Fsp3) is 1.00. The molecule has 1 saturated heterocycles. The van der Waals surface area contributed by atoms with Crippen molar-refractivity contribution in [2.45, 2.75) is 71.9 Å². The number of rotatable bonds is 6. The Bertz CT molecular complexity index is 185. The van der Waals surface area contributed by atoms with Crippen LogP contribution in [-0.2, 0) is 0 Å². The summed E-state index contributed by atoms with van der Waals surface area (Å²) in [6, 6.07) is 1.42. The van der Waals surface area contributed by atoms with E-state index in [-0.39, 0.29) is 0 Å². The van der Waals surface area contributed by atoms with Crippen molar-refractivity contribution in [2.24, 2.45) is 11.8 Å². The summed E-state index contributed by atoms with van der Waals surface area (Å²) >= 11 is 0. The van der Waals surface area contributed by atoms with Crippen molar-refractivity contribution >= 4 is 0 Å². The van der Waals surface area contributed by atoms with Gasteiger partial charge in [0.15, 0.2) is 0 Å². The Hall–Kier alpha value is -0.0800. The van der Waals surface area contributed by atoms with Crippen molar-refractivity contribution < 1.29 is 5.11 Å². The third-order valence-electron chi connectivity index (χ3n) is 3.86. The molecule has 0 saturated carbocycles. The molecule has 0 aliphatic carbocycles. The van der Waals surface area contributed by atoms with Gasteiger partial charge in [0.1, 0.15) is 0 Å². The van der Waals surface area contributed by atoms with Crippen molar-refractivity contribution in [1.29, 1.82) is 0 Å². The van der Waals surface area contributed by atoms with E-state index in [1.54, 1.807) is 0 Å². The maximum Gasteiger partial charge on any atom is 0.0558 e. The molecular formula is C15H31NO. The van der Waals surface area contributed by atoms with E-state index in [0.717, 1.165) is 18.4 Å². The second kappa shape index (κ2) is 7.38. The van der Waals surface area contributed by atoms with Crippen LogP contribution in [0.15, 0.2) is 0 Å². The summed E-state index contributed by atoms with van der Waals surface area (Å²) in [5, 5.41) is 9.28. The first kappa shape index (κ1) is 15.0. The van der Waals surface area contributed by atoms with Gasteiger partial charge in [-0.2, -0.15) is 0 Å². The first-order chi connectivity index (χ1) is 8.04. The Labute approximate surface area is 107 Å². The van der Waals surface area contributed by atoms with Crippen molar-refractivity contribution in [1.82, 2.24) is 4.90 Å². The number of likely N-dealkylation sites (tertiary alicyclic amines) is 1. The van der Waals surface area contributed by atoms with Crippen LogP contribution in [0.25, 0.3) is 0 Å². The van der Waals surface area contributed by atoms with Crippen molar-refractivity contribution in [3.8, 4) is 0 Å². The Morgan fingerprint density at radius 3 is 1.82 bits per heavy atom. The maximum atomic E-state index is 9.28. The van der Waals surface area contributed by atoms with Crippen LogP contribution in [0.1, 0.15) is 59.8 Å². The summed E-state index contributed by atoms with van der Waals surface area (Å²) in [5.74, 6) is 1.53. The molecule has 0 aromatic carbocycles. The monoisotopic (exact) mass is 241 g/mol. The van der Waals surface area contributed by atoms with Crippen molar-refractivity contribution in [3.05, 3.63) is 0 Å². The van der Waals surface area contributed by atoms with E-state index in [4.69, 9.17) is 0 Å². The van der Waals surface area contributed by atoms with Gasteiger partial charge in [0.25, 0.3) is 0 Å². The molecule has 1 aliphatic rings. The number of nitrogens with zero attached hydrogens (tertiary/aromatic N) is 1. The van der Waals surface area contributed by atoms with E-state index >= 15 is 0 Å². The highest BCUT2D eigenvalue weighted by molar-refractivity contribution is 4.85. The quantitative estimate of drug-likeness (QED) is 0.771. The average Bonchev–Trinajstić information content (AvgIpc) is 2.21. The van der Waals surface area contributed by atoms with E-state index in [1.807, 2.05) is 0 Å². The van der Waals surface area contributed by atoms with E-state index in [2.05, 4.69) is 32.6 Å². The highest BCUT2D eigenvalue weighted by Gasteiger charge is 2.30. The van der Waals surface area contributed by atoms with Gasteiger partial charge in [-0.1, -0.05) is 34.1 Å². The second-order valence-corrected chi connectivity index (χ2v) is 6.46. The molecule has 1 heterocycles. The Morgan fingerprint density at radius 2 is 1.47 bits per heavy atom. The second-order valence-electron chi connectivity index (χ2n) is 6.46. The standard InChI is InChI=1S/C15H31NO/c1-12(2)10-14-6-5-7-15(11-13(3)4)16(14)8-9-17/h12-15,17H,5-11H2,1-4H3. The van der Waals surface area contributed by atoms with Crippen LogP contribution in [0.5, 0.6) is 0 Å². The molecule has 1 fully saturated rings. The zero-order valence-electron chi connectivity index (χ0n) is 12.2. The third-order valence-corrected chi connectivity index (χ3v) is 3.86. The molecule has 0 bridgehead atoms. The fourth-order valence-electron chi connectivity index (χ4n) is 3.29. The normalized spacial score (nSPS) is 27.0. The van der Waals surface area contributed by atoms with Gasteiger partial charge in [0, 0.05) is 18.6 Å². The lowest BCUT2D eigenvalue weighted by molar-refractivity contribution is 0.0424. The predicted molar refractivity (Wildman–Crippen MR) is 74.1 cm³/mol. The lowest BCUT2D eigenvalue weighted by Crippen LogP contribution is -2.48. The van der Waals surface area contributed by atoms with E-state index in [9.17, 15) is 5.11 Å². The van der Waals surface area contributed by atoms with Gasteiger partial charge < -0.3 is 5.11 Å². The molecule has 102 valence electrons. The molecule has 1 N–H and O–H groups in total. The van der Waals surface area contributed by atoms with Gasteiger partial charge in [0.05, 0.1) is 6.61 Å². The molecule has 0 spiro atoms. The molecule has 0 aromatic heterocycles. The highest BCUT2D eigenvalue weighted by atomic mass is 16.3. The van der Waals surface area contributed by atoms with Gasteiger partial charge in [0.2, 0.25) is 0 Å². The molecule has 1 aliphatic heterocycles. The smallest absolute Gasteiger partial charge is 0.0558 e. The molecular weight excluding hydrogens is 210 g/mol. The summed E-state index contributed by atoms with van der Waals surface area (Å²) in [6.07, 6.45) is 6.60. The zero-order valence-corrected chi connectivity index (χ0v) is 12.2. The minimum atomic E-state index is 0.309. The SMILES string of the molecule is CC(C)CC1CCCC(CC(C)C)N1CCO. The average molecular weight is 241 g/mol. The number of hydrogen-bond acceptors (Lipinski definition) is 2. The van der Waals surface area contributed by atoms with Crippen LogP contribution in [0.4, 0.5) is 0 Å². The number of aliphatic hydroxyl groups is 1. The third kappa shape index (κ3) is 4.97. The molecule has 2 nitrogen and oxygen atoms in total. The van der Waals surface area contributed by atoms with Gasteiger partial charge in [-0.25, -0.2) is 0 Å². The number of β-amino-alcohol motifs (C(OH)–C–C–N with tert-alkyl or cyclic N) is 1. The first-order valence-corrected chi connectivity index (χ1v) is 7.41. The molecule has 17 heavy (non-hydrogen) atoms. The van der Waals surface area contributed by atoms with Crippen LogP contribution in [-0.4, -0.2) is 35.2 Å². The molecule has 0 radical (unpaired) electrons. The largest absolute Gasteiger partial charge is 0.395 e. The van der Waals surface area contributed by atoms with Crippen LogP contribution in [0.3, 0.4) is 0 Å². The Morgan fingerprint density at radius 1 is 1.00 bits per heavy atom. The molecule has 2 atom stereocenters. The minimum Gasteiger partial charge on any atom is -0.395 e. The van der Waals surface area contributed by atoms with Gasteiger partial charge in [-0.05, 0) is 37.5 Å². The molecule has 2 heteroatoms. The summed E-state index contributed by atoms with van der Waals surface area (Å²) in [5.41, 5.74) is 0. The fourth-order valence-corrected chi connectivity index (χ4v) is 3.29. The van der Waals surface area contributed by atoms with Crippen molar-refractivity contribution in [3.63, 3.8) is 0 Å². The van der Waals surface area contributed by atoms with E-state index < -0.39 is 0 Å².